The van der Waals surface area contributed by atoms with Crippen molar-refractivity contribution in [3.8, 4) is 5.75 Å². The molecule has 0 spiro atoms. The third kappa shape index (κ3) is 2.58. The number of nitro benzene ring substituents is 1. The second-order valence-electron chi connectivity index (χ2n) is 4.11. The topological polar surface area (TPSA) is 78.7 Å². The summed E-state index contributed by atoms with van der Waals surface area (Å²) in [4.78, 5) is 21.4. The molecule has 0 N–H and O–H groups in total. The van der Waals surface area contributed by atoms with Gasteiger partial charge < -0.3 is 9.47 Å². The number of ether oxygens (including phenoxy) is 2. The number of esters is 1. The molecule has 1 aromatic carbocycles. The second-order valence-corrected chi connectivity index (χ2v) is 4.11. The highest BCUT2D eigenvalue weighted by molar-refractivity contribution is 5.69. The number of hydrogen-bond donors (Lipinski definition) is 0. The molecule has 0 aliphatic carbocycles. The smallest absolute Gasteiger partial charge is 0.309 e. The van der Waals surface area contributed by atoms with Gasteiger partial charge in [-0.3, -0.25) is 14.9 Å². The van der Waals surface area contributed by atoms with Gasteiger partial charge in [0.1, 0.15) is 11.9 Å². The number of carbonyl (C=O) groups excluding carboxylic acids is 1. The first-order valence-electron chi connectivity index (χ1n) is 5.61. The van der Waals surface area contributed by atoms with Gasteiger partial charge in [0.2, 0.25) is 0 Å². The van der Waals surface area contributed by atoms with Crippen LogP contribution in [0.5, 0.6) is 5.75 Å². The highest BCUT2D eigenvalue weighted by Gasteiger charge is 2.24. The molecule has 2 rings (SSSR count). The number of aryl methyl sites for hydroxylation is 1. The van der Waals surface area contributed by atoms with Crippen molar-refractivity contribution in [2.24, 2.45) is 0 Å². The number of non-ortho nitro benzene ring substituents is 1. The van der Waals surface area contributed by atoms with Crippen LogP contribution in [0.2, 0.25) is 0 Å². The first kappa shape index (κ1) is 12.3. The van der Waals surface area contributed by atoms with E-state index in [2.05, 4.69) is 4.74 Å². The molecule has 0 aromatic heterocycles. The third-order valence-electron chi connectivity index (χ3n) is 2.91. The summed E-state index contributed by atoms with van der Waals surface area (Å²) < 4.78 is 10.2. The van der Waals surface area contributed by atoms with E-state index in [0.717, 1.165) is 5.56 Å². The Bertz CT molecular complexity index is 485. The number of rotatable bonds is 3. The molecule has 1 heterocycles. The number of carbonyl (C=O) groups is 1. The summed E-state index contributed by atoms with van der Waals surface area (Å²) >= 11 is 0. The van der Waals surface area contributed by atoms with E-state index in [4.69, 9.17) is 4.74 Å². The summed E-state index contributed by atoms with van der Waals surface area (Å²) in [5, 5.41) is 10.6. The summed E-state index contributed by atoms with van der Waals surface area (Å²) in [7, 11) is 1.34. The maximum atomic E-state index is 11.1. The van der Waals surface area contributed by atoms with Crippen LogP contribution in [0.25, 0.3) is 0 Å². The van der Waals surface area contributed by atoms with Gasteiger partial charge in [0.15, 0.2) is 0 Å². The molecular weight excluding hydrogens is 238 g/mol. The van der Waals surface area contributed by atoms with Crippen molar-refractivity contribution in [2.75, 3.05) is 7.11 Å². The average molecular weight is 251 g/mol. The molecular formula is C12H13NO5. The lowest BCUT2D eigenvalue weighted by molar-refractivity contribution is -0.385. The monoisotopic (exact) mass is 251 g/mol. The predicted molar refractivity (Wildman–Crippen MR) is 62.5 cm³/mol. The van der Waals surface area contributed by atoms with Crippen molar-refractivity contribution in [1.29, 1.82) is 0 Å². The molecule has 0 saturated heterocycles. The first-order chi connectivity index (χ1) is 8.60. The molecule has 1 atom stereocenters. The Morgan fingerprint density at radius 2 is 2.39 bits per heavy atom. The van der Waals surface area contributed by atoms with Crippen molar-refractivity contribution < 1.29 is 19.2 Å². The molecule has 0 radical (unpaired) electrons. The van der Waals surface area contributed by atoms with E-state index in [9.17, 15) is 14.9 Å². The molecule has 1 aromatic rings. The standard InChI is InChI=1S/C12H13NO5/c1-17-12(14)7-10-4-2-8-6-9(13(15)16)3-5-11(8)18-10/h3,5-6,10H,2,4,7H2,1H3. The van der Waals surface area contributed by atoms with Crippen molar-refractivity contribution in [2.45, 2.75) is 25.4 Å². The summed E-state index contributed by atoms with van der Waals surface area (Å²) in [6.07, 6.45) is 1.31. The maximum Gasteiger partial charge on any atom is 0.309 e. The Morgan fingerprint density at radius 3 is 3.06 bits per heavy atom. The molecule has 96 valence electrons. The van der Waals surface area contributed by atoms with Crippen LogP contribution >= 0.6 is 0 Å². The van der Waals surface area contributed by atoms with E-state index in [0.29, 0.717) is 18.6 Å². The normalized spacial score (nSPS) is 17.5. The van der Waals surface area contributed by atoms with Crippen LogP contribution in [0.1, 0.15) is 18.4 Å². The van der Waals surface area contributed by atoms with Gasteiger partial charge in [0.05, 0.1) is 18.5 Å². The molecule has 0 saturated carbocycles. The van der Waals surface area contributed by atoms with Gasteiger partial charge in [0, 0.05) is 17.7 Å². The molecule has 18 heavy (non-hydrogen) atoms. The number of nitrogens with zero attached hydrogens (tertiary/aromatic N) is 1. The quantitative estimate of drug-likeness (QED) is 0.465. The minimum atomic E-state index is -0.430. The van der Waals surface area contributed by atoms with Crippen LogP contribution in [0.3, 0.4) is 0 Å². The van der Waals surface area contributed by atoms with E-state index in [1.54, 1.807) is 6.07 Å². The van der Waals surface area contributed by atoms with Crippen LogP contribution in [-0.4, -0.2) is 24.1 Å². The van der Waals surface area contributed by atoms with Crippen molar-refractivity contribution in [1.82, 2.24) is 0 Å². The van der Waals surface area contributed by atoms with E-state index < -0.39 is 4.92 Å². The summed E-state index contributed by atoms with van der Waals surface area (Å²) in [5.74, 6) is 0.297. The molecule has 1 unspecified atom stereocenters. The Kier molecular flexibility index (Phi) is 3.45. The minimum absolute atomic E-state index is 0.0590. The van der Waals surface area contributed by atoms with Crippen molar-refractivity contribution in [3.63, 3.8) is 0 Å². The molecule has 0 fully saturated rings. The van der Waals surface area contributed by atoms with Gasteiger partial charge in [-0.2, -0.15) is 0 Å². The zero-order valence-electron chi connectivity index (χ0n) is 9.92. The molecule has 0 bridgehead atoms. The largest absolute Gasteiger partial charge is 0.490 e. The Labute approximate surface area is 104 Å². The van der Waals surface area contributed by atoms with Crippen LogP contribution in [0.15, 0.2) is 18.2 Å². The number of nitro groups is 1. The first-order valence-corrected chi connectivity index (χ1v) is 5.61. The van der Waals surface area contributed by atoms with Crippen molar-refractivity contribution in [3.05, 3.63) is 33.9 Å². The number of hydrogen-bond acceptors (Lipinski definition) is 5. The summed E-state index contributed by atoms with van der Waals surface area (Å²) in [6.45, 7) is 0. The van der Waals surface area contributed by atoms with Gasteiger partial charge in [0.25, 0.3) is 5.69 Å². The van der Waals surface area contributed by atoms with Gasteiger partial charge in [-0.1, -0.05) is 0 Å². The lowest BCUT2D eigenvalue weighted by Crippen LogP contribution is -2.26. The second kappa shape index (κ2) is 5.03. The molecule has 0 amide bonds. The number of benzene rings is 1. The Balaban J connectivity index is 2.11. The number of methoxy groups -OCH3 is 1. The van der Waals surface area contributed by atoms with Gasteiger partial charge in [-0.15, -0.1) is 0 Å². The van der Waals surface area contributed by atoms with E-state index in [-0.39, 0.29) is 24.2 Å². The van der Waals surface area contributed by atoms with Crippen LogP contribution < -0.4 is 4.74 Å². The third-order valence-corrected chi connectivity index (χ3v) is 2.91. The SMILES string of the molecule is COC(=O)CC1CCc2cc([N+](=O)[O-])ccc2O1. The summed E-state index contributed by atoms with van der Waals surface area (Å²) in [5.41, 5.74) is 0.870. The van der Waals surface area contributed by atoms with E-state index in [1.807, 2.05) is 0 Å². The molecule has 1 aliphatic heterocycles. The highest BCUT2D eigenvalue weighted by Crippen LogP contribution is 2.31. The average Bonchev–Trinajstić information content (AvgIpc) is 2.37. The van der Waals surface area contributed by atoms with Crippen LogP contribution in [0, 0.1) is 10.1 Å². The van der Waals surface area contributed by atoms with E-state index in [1.165, 1.54) is 19.2 Å². The Hall–Kier alpha value is -2.11. The minimum Gasteiger partial charge on any atom is -0.490 e. The fourth-order valence-electron chi connectivity index (χ4n) is 1.96. The predicted octanol–water partition coefficient (Wildman–Crippen LogP) is 1.85. The van der Waals surface area contributed by atoms with Crippen molar-refractivity contribution >= 4 is 11.7 Å². The highest BCUT2D eigenvalue weighted by atomic mass is 16.6. The van der Waals surface area contributed by atoms with Gasteiger partial charge in [-0.25, -0.2) is 0 Å². The zero-order chi connectivity index (χ0) is 13.1. The molecule has 6 heteroatoms. The van der Waals surface area contributed by atoms with Crippen LogP contribution in [0.4, 0.5) is 5.69 Å². The van der Waals surface area contributed by atoms with Gasteiger partial charge in [-0.05, 0) is 18.9 Å². The molecule has 6 nitrogen and oxygen atoms in total. The maximum absolute atomic E-state index is 11.1. The number of fused-ring (bicyclic) bond motifs is 1. The lowest BCUT2D eigenvalue weighted by Gasteiger charge is -2.25. The van der Waals surface area contributed by atoms with E-state index >= 15 is 0 Å². The van der Waals surface area contributed by atoms with Crippen LogP contribution in [-0.2, 0) is 16.0 Å². The van der Waals surface area contributed by atoms with Gasteiger partial charge >= 0.3 is 5.97 Å². The fourth-order valence-corrected chi connectivity index (χ4v) is 1.96. The lowest BCUT2D eigenvalue weighted by atomic mass is 10.00. The summed E-state index contributed by atoms with van der Waals surface area (Å²) in [6, 6.07) is 4.50. The Morgan fingerprint density at radius 1 is 1.61 bits per heavy atom. The fraction of sp³-hybridized carbons (Fsp3) is 0.417. The molecule has 1 aliphatic rings. The zero-order valence-corrected chi connectivity index (χ0v) is 9.92.